The van der Waals surface area contributed by atoms with Crippen molar-refractivity contribution in [2.24, 2.45) is 46.8 Å². The number of nitrogens with zero attached hydrogens (tertiary/aromatic N) is 1. The number of aldehydes is 1. The molecule has 1 aliphatic heterocycles. The standard InChI is InChI=1S/C53H98N12O11/c1-30(2)23-40(48(71)57-35(11)53(76)65-22-16-17-36(65)28-66)62-52(75)44(27-34(9)10)64-51(74)43(26-33(7)8)61-47(70)39(19-13-15-21-55)58-46(69)38(18-12-14-20-54)59-49(72)42(25-32(5)6)63-50(73)41(24-31(3)4)60-45(68)37(56)29-67/h28,30-44,67H,12-27,29,54-56H2,1-11H3,(H,57,71)(H,58,69)(H,59,72)(H,60,68)(H,61,70)(H,62,75)(H,63,73)(H,64,74)/t35-,36-,37-,38-,39-,40-,41-,42-,43-,44-/m0/s1. The number of unbranched alkanes of at least 4 members (excludes halogenated alkanes) is 2. The number of carbonyl (C=O) groups is 10. The topological polar surface area (TPSA) is 368 Å². The number of aliphatic hydroxyl groups is 1. The zero-order valence-electron chi connectivity index (χ0n) is 47.5. The van der Waals surface area contributed by atoms with Crippen molar-refractivity contribution in [2.75, 3.05) is 26.2 Å². The number of likely N-dealkylation sites (tertiary alicyclic amines) is 1. The molecular formula is C53H98N12O11. The Labute approximate surface area is 451 Å². The van der Waals surface area contributed by atoms with E-state index < -0.39 is 120 Å². The normalized spacial score (nSPS) is 17.2. The van der Waals surface area contributed by atoms with E-state index in [1.807, 2.05) is 69.2 Å². The van der Waals surface area contributed by atoms with Crippen molar-refractivity contribution in [1.82, 2.24) is 47.4 Å². The van der Waals surface area contributed by atoms with Crippen LogP contribution in [0, 0.1) is 29.6 Å². The van der Waals surface area contributed by atoms with E-state index in [1.165, 1.54) is 11.8 Å². The molecule has 23 nitrogen and oxygen atoms in total. The molecule has 76 heavy (non-hydrogen) atoms. The lowest BCUT2D eigenvalue weighted by molar-refractivity contribution is -0.139. The molecule has 0 aliphatic carbocycles. The lowest BCUT2D eigenvalue weighted by Gasteiger charge is -2.30. The van der Waals surface area contributed by atoms with Crippen LogP contribution in [0.3, 0.4) is 0 Å². The van der Waals surface area contributed by atoms with Crippen molar-refractivity contribution < 1.29 is 53.1 Å². The molecule has 0 spiro atoms. The van der Waals surface area contributed by atoms with Crippen LogP contribution >= 0.6 is 0 Å². The summed E-state index contributed by atoms with van der Waals surface area (Å²) in [7, 11) is 0. The SMILES string of the molecule is CC(C)C[C@H](NC(=O)[C@H](CC(C)C)NC(=O)[C@H](CC(C)C)NC(=O)[C@H](CCCCN)NC(=O)[C@H](CCCCN)NC(=O)[C@H](CC(C)C)NC(=O)[C@H](CC(C)C)NC(=O)[C@@H](N)CO)C(=O)N[C@@H](C)C(=O)N1CCC[C@H]1C=O. The molecule has 9 amide bonds. The van der Waals surface area contributed by atoms with E-state index >= 15 is 0 Å². The molecule has 1 rings (SSSR count). The Balaban J connectivity index is 3.48. The van der Waals surface area contributed by atoms with Crippen LogP contribution in [-0.4, -0.2) is 156 Å². The van der Waals surface area contributed by atoms with Gasteiger partial charge >= 0.3 is 0 Å². The van der Waals surface area contributed by atoms with E-state index in [9.17, 15) is 53.1 Å². The molecule has 0 bridgehead atoms. The van der Waals surface area contributed by atoms with Crippen LogP contribution in [0.15, 0.2) is 0 Å². The summed E-state index contributed by atoms with van der Waals surface area (Å²) in [4.78, 5) is 138. The molecule has 1 heterocycles. The number of hydrogen-bond donors (Lipinski definition) is 12. The van der Waals surface area contributed by atoms with Crippen molar-refractivity contribution in [3.8, 4) is 0 Å². The Morgan fingerprint density at radius 3 is 1.05 bits per heavy atom. The third-order valence-corrected chi connectivity index (χ3v) is 12.9. The smallest absolute Gasteiger partial charge is 0.245 e. The number of carbonyl (C=O) groups excluding carboxylic acids is 10. The molecule has 1 fully saturated rings. The highest BCUT2D eigenvalue weighted by molar-refractivity contribution is 5.98. The van der Waals surface area contributed by atoms with Crippen molar-refractivity contribution in [2.45, 2.75) is 220 Å². The fourth-order valence-corrected chi connectivity index (χ4v) is 8.87. The first-order valence-electron chi connectivity index (χ1n) is 27.6. The summed E-state index contributed by atoms with van der Waals surface area (Å²) in [5.41, 5.74) is 17.3. The quantitative estimate of drug-likeness (QED) is 0.0285. The number of nitrogens with two attached hydrogens (primary N) is 3. The van der Waals surface area contributed by atoms with Gasteiger partial charge in [-0.25, -0.2) is 0 Å². The summed E-state index contributed by atoms with van der Waals surface area (Å²) in [5, 5.41) is 31.4. The van der Waals surface area contributed by atoms with E-state index in [1.54, 1.807) is 0 Å². The van der Waals surface area contributed by atoms with Crippen LogP contribution in [0.5, 0.6) is 0 Å². The maximum absolute atomic E-state index is 14.4. The maximum Gasteiger partial charge on any atom is 0.245 e. The van der Waals surface area contributed by atoms with Gasteiger partial charge in [-0.3, -0.25) is 43.2 Å². The molecule has 23 heteroatoms. The monoisotopic (exact) mass is 1080 g/mol. The van der Waals surface area contributed by atoms with Gasteiger partial charge in [0.25, 0.3) is 0 Å². The fourth-order valence-electron chi connectivity index (χ4n) is 8.87. The largest absolute Gasteiger partial charge is 0.394 e. The van der Waals surface area contributed by atoms with E-state index in [-0.39, 0.29) is 74.5 Å². The molecule has 0 aromatic heterocycles. The number of nitrogens with one attached hydrogen (secondary N) is 8. The fraction of sp³-hybridized carbons (Fsp3) is 0.811. The Hall–Kier alpha value is -5.26. The van der Waals surface area contributed by atoms with E-state index in [0.717, 1.165) is 6.29 Å². The number of aliphatic hydroxyl groups excluding tert-OH is 1. The van der Waals surface area contributed by atoms with Gasteiger partial charge in [-0.05, 0) is 133 Å². The highest BCUT2D eigenvalue weighted by atomic mass is 16.3. The molecule has 1 aliphatic rings. The summed E-state index contributed by atoms with van der Waals surface area (Å²) >= 11 is 0. The summed E-state index contributed by atoms with van der Waals surface area (Å²) in [6, 6.07) is -10.9. The minimum absolute atomic E-state index is 0.0582. The Morgan fingerprint density at radius 1 is 0.474 bits per heavy atom. The van der Waals surface area contributed by atoms with E-state index in [0.29, 0.717) is 58.2 Å². The number of amides is 9. The Bertz CT molecular complexity index is 1870. The van der Waals surface area contributed by atoms with Crippen LogP contribution in [0.1, 0.15) is 160 Å². The second-order valence-corrected chi connectivity index (χ2v) is 22.5. The minimum atomic E-state index is -1.27. The number of rotatable bonds is 37. The lowest BCUT2D eigenvalue weighted by Crippen LogP contribution is -2.60. The summed E-state index contributed by atoms with van der Waals surface area (Å²) in [6.45, 7) is 20.4. The van der Waals surface area contributed by atoms with Crippen molar-refractivity contribution in [3.63, 3.8) is 0 Å². The highest BCUT2D eigenvalue weighted by Crippen LogP contribution is 2.18. The predicted octanol–water partition coefficient (Wildman–Crippen LogP) is -0.117. The van der Waals surface area contributed by atoms with Crippen molar-refractivity contribution in [3.05, 3.63) is 0 Å². The van der Waals surface area contributed by atoms with E-state index in [2.05, 4.69) is 42.5 Å². The van der Waals surface area contributed by atoms with Crippen LogP contribution in [0.4, 0.5) is 0 Å². The molecule has 0 aromatic carbocycles. The summed E-state index contributed by atoms with van der Waals surface area (Å²) in [6.07, 6.45) is 4.86. The molecule has 10 atom stereocenters. The van der Waals surface area contributed by atoms with Gasteiger partial charge in [0.1, 0.15) is 60.7 Å². The molecule has 0 unspecified atom stereocenters. The van der Waals surface area contributed by atoms with Gasteiger partial charge in [0, 0.05) is 6.54 Å². The molecule has 15 N–H and O–H groups in total. The maximum atomic E-state index is 14.4. The Morgan fingerprint density at radius 2 is 0.763 bits per heavy atom. The first-order chi connectivity index (χ1) is 35.7. The van der Waals surface area contributed by atoms with Crippen molar-refractivity contribution in [1.29, 1.82) is 0 Å². The third kappa shape index (κ3) is 25.7. The second-order valence-electron chi connectivity index (χ2n) is 22.5. The van der Waals surface area contributed by atoms with Crippen LogP contribution in [0.25, 0.3) is 0 Å². The molecule has 0 saturated carbocycles. The van der Waals surface area contributed by atoms with Crippen molar-refractivity contribution >= 4 is 59.5 Å². The molecular weight excluding hydrogens is 981 g/mol. The summed E-state index contributed by atoms with van der Waals surface area (Å²) < 4.78 is 0. The van der Waals surface area contributed by atoms with Gasteiger partial charge in [-0.2, -0.15) is 0 Å². The average Bonchev–Trinajstić information content (AvgIpc) is 3.82. The van der Waals surface area contributed by atoms with Crippen LogP contribution < -0.4 is 59.7 Å². The van der Waals surface area contributed by atoms with Gasteiger partial charge < -0.3 is 74.5 Å². The zero-order chi connectivity index (χ0) is 57.8. The van der Waals surface area contributed by atoms with Crippen LogP contribution in [0.2, 0.25) is 0 Å². The van der Waals surface area contributed by atoms with Crippen LogP contribution in [-0.2, 0) is 47.9 Å². The predicted molar refractivity (Wildman–Crippen MR) is 290 cm³/mol. The van der Waals surface area contributed by atoms with Gasteiger partial charge in [0.2, 0.25) is 53.2 Å². The molecule has 0 aromatic rings. The number of hydrogen-bond acceptors (Lipinski definition) is 14. The molecule has 1 saturated heterocycles. The third-order valence-electron chi connectivity index (χ3n) is 12.9. The average molecular weight is 1080 g/mol. The minimum Gasteiger partial charge on any atom is -0.394 e. The van der Waals surface area contributed by atoms with Gasteiger partial charge in [-0.15, -0.1) is 0 Å². The van der Waals surface area contributed by atoms with Gasteiger partial charge in [-0.1, -0.05) is 69.2 Å². The summed E-state index contributed by atoms with van der Waals surface area (Å²) in [5.74, 6) is -6.29. The molecule has 436 valence electrons. The second kappa shape index (κ2) is 36.0. The zero-order valence-corrected chi connectivity index (χ0v) is 47.5. The molecule has 0 radical (unpaired) electrons. The van der Waals surface area contributed by atoms with Gasteiger partial charge in [0.15, 0.2) is 0 Å². The van der Waals surface area contributed by atoms with E-state index in [4.69, 9.17) is 17.2 Å². The Kier molecular flexibility index (Phi) is 32.5. The van der Waals surface area contributed by atoms with Gasteiger partial charge in [0.05, 0.1) is 12.6 Å². The first kappa shape index (κ1) is 68.8. The highest BCUT2D eigenvalue weighted by Gasteiger charge is 2.37. The first-order valence-corrected chi connectivity index (χ1v) is 27.6. The lowest BCUT2D eigenvalue weighted by atomic mass is 9.98.